The molecular formula is C11H18ClN3O. The molecular weight excluding hydrogens is 226 g/mol. The number of carbonyl (C=O) groups excluding carboxylic acids is 1. The zero-order valence-corrected chi connectivity index (χ0v) is 10.5. The number of halogens is 1. The quantitative estimate of drug-likeness (QED) is 0.611. The van der Waals surface area contributed by atoms with Crippen LogP contribution in [0.3, 0.4) is 0 Å². The van der Waals surface area contributed by atoms with Crippen molar-refractivity contribution in [2.24, 2.45) is 7.05 Å². The van der Waals surface area contributed by atoms with Gasteiger partial charge in [-0.2, -0.15) is 5.10 Å². The van der Waals surface area contributed by atoms with Crippen molar-refractivity contribution in [2.45, 2.75) is 26.2 Å². The lowest BCUT2D eigenvalue weighted by Crippen LogP contribution is -2.26. The van der Waals surface area contributed by atoms with E-state index in [2.05, 4.69) is 10.4 Å². The Morgan fingerprint density at radius 2 is 2.31 bits per heavy atom. The van der Waals surface area contributed by atoms with E-state index in [1.807, 2.05) is 13.0 Å². The predicted octanol–water partition coefficient (Wildman–Crippen LogP) is 1.73. The maximum absolute atomic E-state index is 11.8. The number of nitrogens with one attached hydrogen (secondary N) is 1. The minimum absolute atomic E-state index is 0.0655. The second-order valence-electron chi connectivity index (χ2n) is 3.65. The molecule has 0 aromatic carbocycles. The van der Waals surface area contributed by atoms with Gasteiger partial charge in [-0.05, 0) is 25.3 Å². The molecule has 4 nitrogen and oxygen atoms in total. The number of aromatic nitrogens is 2. The summed E-state index contributed by atoms with van der Waals surface area (Å²) in [5, 5.41) is 7.08. The molecule has 1 aromatic rings. The molecule has 0 aliphatic rings. The molecule has 0 fully saturated rings. The highest BCUT2D eigenvalue weighted by molar-refractivity contribution is 6.17. The molecule has 1 aromatic heterocycles. The van der Waals surface area contributed by atoms with Crippen LogP contribution in [0, 0.1) is 0 Å². The third kappa shape index (κ3) is 3.52. The Bertz CT molecular complexity index is 349. The maximum atomic E-state index is 11.8. The van der Waals surface area contributed by atoms with Crippen molar-refractivity contribution >= 4 is 17.5 Å². The third-order valence-corrected chi connectivity index (χ3v) is 2.64. The highest BCUT2D eigenvalue weighted by Crippen LogP contribution is 2.03. The smallest absolute Gasteiger partial charge is 0.269 e. The van der Waals surface area contributed by atoms with Crippen LogP contribution in [-0.2, 0) is 13.5 Å². The molecule has 0 aliphatic carbocycles. The summed E-state index contributed by atoms with van der Waals surface area (Å²) in [5.74, 6) is 0.575. The molecule has 90 valence electrons. The molecule has 16 heavy (non-hydrogen) atoms. The molecule has 0 atom stereocenters. The first-order valence-corrected chi connectivity index (χ1v) is 6.09. The standard InChI is InChI=1S/C11H18ClN3O/c1-3-9-8-10(15(2)14-9)11(16)13-7-5-4-6-12/h8H,3-7H2,1-2H3,(H,13,16). The molecule has 0 aliphatic heterocycles. The molecule has 1 amide bonds. The lowest BCUT2D eigenvalue weighted by molar-refractivity contribution is 0.0944. The average Bonchev–Trinajstić information content (AvgIpc) is 2.66. The first-order valence-electron chi connectivity index (χ1n) is 5.56. The van der Waals surface area contributed by atoms with E-state index in [0.29, 0.717) is 18.1 Å². The minimum atomic E-state index is -0.0655. The summed E-state index contributed by atoms with van der Waals surface area (Å²) in [6, 6.07) is 1.83. The summed E-state index contributed by atoms with van der Waals surface area (Å²) in [6.45, 7) is 2.68. The number of rotatable bonds is 6. The van der Waals surface area contributed by atoms with E-state index in [1.54, 1.807) is 11.7 Å². The number of aryl methyl sites for hydroxylation is 2. The number of alkyl halides is 1. The number of carbonyl (C=O) groups is 1. The summed E-state index contributed by atoms with van der Waals surface area (Å²) in [6.07, 6.45) is 2.68. The summed E-state index contributed by atoms with van der Waals surface area (Å²) in [7, 11) is 1.78. The van der Waals surface area contributed by atoms with Crippen LogP contribution in [0.25, 0.3) is 0 Å². The fourth-order valence-corrected chi connectivity index (χ4v) is 1.61. The van der Waals surface area contributed by atoms with Gasteiger partial charge >= 0.3 is 0 Å². The average molecular weight is 244 g/mol. The van der Waals surface area contributed by atoms with Gasteiger partial charge in [0.15, 0.2) is 0 Å². The summed E-state index contributed by atoms with van der Waals surface area (Å²) >= 11 is 5.55. The van der Waals surface area contributed by atoms with Crippen LogP contribution in [0.4, 0.5) is 0 Å². The van der Waals surface area contributed by atoms with Gasteiger partial charge in [-0.25, -0.2) is 0 Å². The zero-order chi connectivity index (χ0) is 12.0. The SMILES string of the molecule is CCc1cc(C(=O)NCCCCCl)n(C)n1. The second kappa shape index (κ2) is 6.53. The van der Waals surface area contributed by atoms with Gasteiger partial charge in [-0.3, -0.25) is 9.48 Å². The lowest BCUT2D eigenvalue weighted by Gasteiger charge is -2.03. The van der Waals surface area contributed by atoms with Crippen molar-refractivity contribution in [3.63, 3.8) is 0 Å². The number of unbranched alkanes of at least 4 members (excludes halogenated alkanes) is 1. The van der Waals surface area contributed by atoms with E-state index >= 15 is 0 Å². The predicted molar refractivity (Wildman–Crippen MR) is 64.9 cm³/mol. The van der Waals surface area contributed by atoms with Gasteiger partial charge in [0.05, 0.1) is 5.69 Å². The largest absolute Gasteiger partial charge is 0.351 e. The first kappa shape index (κ1) is 13.0. The van der Waals surface area contributed by atoms with Crippen LogP contribution in [-0.4, -0.2) is 28.1 Å². The van der Waals surface area contributed by atoms with Crippen LogP contribution < -0.4 is 5.32 Å². The second-order valence-corrected chi connectivity index (χ2v) is 4.03. The molecule has 0 spiro atoms. The molecule has 1 N–H and O–H groups in total. The topological polar surface area (TPSA) is 46.9 Å². The molecule has 5 heteroatoms. The summed E-state index contributed by atoms with van der Waals surface area (Å²) in [4.78, 5) is 11.8. The van der Waals surface area contributed by atoms with Gasteiger partial charge in [0, 0.05) is 19.5 Å². The van der Waals surface area contributed by atoms with Crippen LogP contribution >= 0.6 is 11.6 Å². The number of hydrogen-bond acceptors (Lipinski definition) is 2. The highest BCUT2D eigenvalue weighted by atomic mass is 35.5. The Labute approximate surface area is 101 Å². The van der Waals surface area contributed by atoms with Gasteiger partial charge < -0.3 is 5.32 Å². The van der Waals surface area contributed by atoms with Crippen molar-refractivity contribution in [2.75, 3.05) is 12.4 Å². The lowest BCUT2D eigenvalue weighted by atomic mass is 10.3. The molecule has 0 saturated heterocycles. The number of amides is 1. The minimum Gasteiger partial charge on any atom is -0.351 e. The Hall–Kier alpha value is -1.03. The van der Waals surface area contributed by atoms with E-state index in [-0.39, 0.29) is 5.91 Å². The Morgan fingerprint density at radius 1 is 1.56 bits per heavy atom. The van der Waals surface area contributed by atoms with Crippen molar-refractivity contribution in [1.29, 1.82) is 0 Å². The van der Waals surface area contributed by atoms with E-state index in [9.17, 15) is 4.79 Å². The molecule has 0 bridgehead atoms. The van der Waals surface area contributed by atoms with Crippen molar-refractivity contribution in [3.8, 4) is 0 Å². The van der Waals surface area contributed by atoms with Crippen molar-refractivity contribution < 1.29 is 4.79 Å². The molecule has 0 saturated carbocycles. The molecule has 0 unspecified atom stereocenters. The van der Waals surface area contributed by atoms with E-state index in [4.69, 9.17) is 11.6 Å². The first-order chi connectivity index (χ1) is 7.69. The molecule has 1 rings (SSSR count). The normalized spacial score (nSPS) is 10.4. The maximum Gasteiger partial charge on any atom is 0.269 e. The number of hydrogen-bond donors (Lipinski definition) is 1. The van der Waals surface area contributed by atoms with E-state index in [0.717, 1.165) is 25.0 Å². The fourth-order valence-electron chi connectivity index (χ4n) is 1.42. The fraction of sp³-hybridized carbons (Fsp3) is 0.636. The van der Waals surface area contributed by atoms with Gasteiger partial charge in [0.1, 0.15) is 5.69 Å². The monoisotopic (exact) mass is 243 g/mol. The van der Waals surface area contributed by atoms with E-state index in [1.165, 1.54) is 0 Å². The van der Waals surface area contributed by atoms with Crippen LogP contribution in [0.1, 0.15) is 35.9 Å². The van der Waals surface area contributed by atoms with Crippen LogP contribution in [0.5, 0.6) is 0 Å². The zero-order valence-electron chi connectivity index (χ0n) is 9.79. The van der Waals surface area contributed by atoms with Gasteiger partial charge in [0.2, 0.25) is 0 Å². The Kier molecular flexibility index (Phi) is 5.32. The van der Waals surface area contributed by atoms with Crippen LogP contribution in [0.15, 0.2) is 6.07 Å². The number of nitrogens with zero attached hydrogens (tertiary/aromatic N) is 2. The third-order valence-electron chi connectivity index (χ3n) is 2.37. The highest BCUT2D eigenvalue weighted by Gasteiger charge is 2.11. The molecule has 1 heterocycles. The molecule has 0 radical (unpaired) electrons. The van der Waals surface area contributed by atoms with Crippen molar-refractivity contribution in [3.05, 3.63) is 17.5 Å². The Morgan fingerprint density at radius 3 is 2.88 bits per heavy atom. The van der Waals surface area contributed by atoms with Gasteiger partial charge in [-0.1, -0.05) is 6.92 Å². The van der Waals surface area contributed by atoms with Crippen molar-refractivity contribution in [1.82, 2.24) is 15.1 Å². The summed E-state index contributed by atoms with van der Waals surface area (Å²) < 4.78 is 1.62. The van der Waals surface area contributed by atoms with E-state index < -0.39 is 0 Å². The van der Waals surface area contributed by atoms with Gasteiger partial charge in [0.25, 0.3) is 5.91 Å². The summed E-state index contributed by atoms with van der Waals surface area (Å²) in [5.41, 5.74) is 1.55. The van der Waals surface area contributed by atoms with Gasteiger partial charge in [-0.15, -0.1) is 11.6 Å². The Balaban J connectivity index is 2.49. The van der Waals surface area contributed by atoms with Crippen LogP contribution in [0.2, 0.25) is 0 Å².